The first kappa shape index (κ1) is 14.0. The maximum absolute atomic E-state index is 6.11. The molecule has 0 amide bonds. The third-order valence-electron chi connectivity index (χ3n) is 2.87. The second kappa shape index (κ2) is 6.12. The van der Waals surface area contributed by atoms with E-state index in [2.05, 4.69) is 17.2 Å². The molecular weight excluding hydrogens is 258 g/mol. The zero-order valence-corrected chi connectivity index (χ0v) is 12.2. The minimum absolute atomic E-state index is 0.0543. The number of hydrogen-bond acceptors (Lipinski definition) is 4. The monoisotopic (exact) mass is 277 g/mol. The van der Waals surface area contributed by atoms with Crippen LogP contribution in [0.1, 0.15) is 17.7 Å². The maximum Gasteiger partial charge on any atom is 0.118 e. The highest BCUT2D eigenvalue weighted by Gasteiger charge is 2.18. The largest absolute Gasteiger partial charge is 0.497 e. The minimum atomic E-state index is 0.0543. The third-order valence-corrected chi connectivity index (χ3v) is 4.30. The van der Waals surface area contributed by atoms with Crippen molar-refractivity contribution in [3.05, 3.63) is 42.2 Å². The van der Waals surface area contributed by atoms with Gasteiger partial charge in [0.1, 0.15) is 5.75 Å². The molecule has 0 aliphatic carbocycles. The summed E-state index contributed by atoms with van der Waals surface area (Å²) in [6, 6.07) is 8.12. The average molecular weight is 277 g/mol. The molecule has 2 atom stereocenters. The SMILES string of the molecule is COc1ccc(C(Sc2cnn(C)c2)C(C)N)cc1. The summed E-state index contributed by atoms with van der Waals surface area (Å²) in [6.07, 6.45) is 3.87. The molecule has 5 heteroatoms. The Hall–Kier alpha value is -1.46. The fraction of sp³-hybridized carbons (Fsp3) is 0.357. The van der Waals surface area contributed by atoms with Gasteiger partial charge in [0, 0.05) is 29.4 Å². The van der Waals surface area contributed by atoms with Gasteiger partial charge < -0.3 is 10.5 Å². The Labute approximate surface area is 117 Å². The van der Waals surface area contributed by atoms with Crippen molar-refractivity contribution in [1.82, 2.24) is 9.78 Å². The van der Waals surface area contributed by atoms with E-state index >= 15 is 0 Å². The van der Waals surface area contributed by atoms with Gasteiger partial charge in [0.15, 0.2) is 0 Å². The first-order chi connectivity index (χ1) is 9.10. The molecule has 102 valence electrons. The molecule has 0 saturated carbocycles. The number of rotatable bonds is 5. The second-order valence-corrected chi connectivity index (χ2v) is 5.74. The summed E-state index contributed by atoms with van der Waals surface area (Å²) in [5, 5.41) is 4.39. The molecule has 1 aromatic heterocycles. The topological polar surface area (TPSA) is 53.1 Å². The molecule has 1 heterocycles. The molecule has 2 N–H and O–H groups in total. The number of methoxy groups -OCH3 is 1. The van der Waals surface area contributed by atoms with Gasteiger partial charge >= 0.3 is 0 Å². The molecule has 0 bridgehead atoms. The van der Waals surface area contributed by atoms with Crippen LogP contribution in [0.4, 0.5) is 0 Å². The van der Waals surface area contributed by atoms with Crippen LogP contribution in [0.5, 0.6) is 5.75 Å². The molecule has 2 rings (SSSR count). The van der Waals surface area contributed by atoms with Gasteiger partial charge in [-0.25, -0.2) is 0 Å². The summed E-state index contributed by atoms with van der Waals surface area (Å²) in [4.78, 5) is 1.13. The van der Waals surface area contributed by atoms with Crippen molar-refractivity contribution < 1.29 is 4.74 Å². The number of nitrogens with zero attached hydrogens (tertiary/aromatic N) is 2. The lowest BCUT2D eigenvalue weighted by Gasteiger charge is -2.20. The minimum Gasteiger partial charge on any atom is -0.497 e. The molecular formula is C14H19N3OS. The highest BCUT2D eigenvalue weighted by Crippen LogP contribution is 2.37. The molecule has 2 unspecified atom stereocenters. The molecule has 4 nitrogen and oxygen atoms in total. The fourth-order valence-corrected chi connectivity index (χ4v) is 3.00. The van der Waals surface area contributed by atoms with Crippen LogP contribution in [0.15, 0.2) is 41.6 Å². The Bertz CT molecular complexity index is 522. The van der Waals surface area contributed by atoms with Crippen molar-refractivity contribution in [2.45, 2.75) is 23.1 Å². The second-order valence-electron chi connectivity index (χ2n) is 4.52. The first-order valence-corrected chi connectivity index (χ1v) is 7.03. The molecule has 0 saturated heterocycles. The van der Waals surface area contributed by atoms with Gasteiger partial charge in [0.05, 0.1) is 13.3 Å². The van der Waals surface area contributed by atoms with Crippen LogP contribution in [0.2, 0.25) is 0 Å². The summed E-state index contributed by atoms with van der Waals surface area (Å²) in [6.45, 7) is 2.03. The van der Waals surface area contributed by atoms with E-state index in [1.165, 1.54) is 5.56 Å². The molecule has 19 heavy (non-hydrogen) atoms. The summed E-state index contributed by atoms with van der Waals surface area (Å²) >= 11 is 1.74. The zero-order chi connectivity index (χ0) is 13.8. The van der Waals surface area contributed by atoms with E-state index in [1.807, 2.05) is 38.5 Å². The molecule has 2 aromatic rings. The first-order valence-electron chi connectivity index (χ1n) is 6.15. The van der Waals surface area contributed by atoms with Crippen LogP contribution in [0.3, 0.4) is 0 Å². The van der Waals surface area contributed by atoms with Gasteiger partial charge in [0.2, 0.25) is 0 Å². The quantitative estimate of drug-likeness (QED) is 0.854. The normalized spacial score (nSPS) is 14.1. The number of thioether (sulfide) groups is 1. The van der Waals surface area contributed by atoms with Crippen LogP contribution >= 0.6 is 11.8 Å². The maximum atomic E-state index is 6.11. The zero-order valence-electron chi connectivity index (χ0n) is 11.4. The number of aryl methyl sites for hydroxylation is 1. The van der Waals surface area contributed by atoms with Gasteiger partial charge in [-0.15, -0.1) is 11.8 Å². The van der Waals surface area contributed by atoms with E-state index in [9.17, 15) is 0 Å². The Balaban J connectivity index is 2.19. The molecule has 0 spiro atoms. The van der Waals surface area contributed by atoms with E-state index < -0.39 is 0 Å². The van der Waals surface area contributed by atoms with Gasteiger partial charge in [-0.05, 0) is 24.6 Å². The summed E-state index contributed by atoms with van der Waals surface area (Å²) < 4.78 is 6.98. The summed E-state index contributed by atoms with van der Waals surface area (Å²) in [5.74, 6) is 0.860. The van der Waals surface area contributed by atoms with Crippen molar-refractivity contribution >= 4 is 11.8 Å². The fourth-order valence-electron chi connectivity index (χ4n) is 1.88. The summed E-state index contributed by atoms with van der Waals surface area (Å²) in [7, 11) is 3.58. The van der Waals surface area contributed by atoms with Crippen molar-refractivity contribution in [3.8, 4) is 5.75 Å². The van der Waals surface area contributed by atoms with Gasteiger partial charge in [0.25, 0.3) is 0 Å². The number of nitrogens with two attached hydrogens (primary N) is 1. The third kappa shape index (κ3) is 3.52. The van der Waals surface area contributed by atoms with E-state index in [4.69, 9.17) is 10.5 Å². The van der Waals surface area contributed by atoms with E-state index in [0.29, 0.717) is 0 Å². The van der Waals surface area contributed by atoms with Crippen LogP contribution in [-0.2, 0) is 7.05 Å². The highest BCUT2D eigenvalue weighted by atomic mass is 32.2. The Morgan fingerprint density at radius 1 is 1.32 bits per heavy atom. The molecule has 0 radical (unpaired) electrons. The van der Waals surface area contributed by atoms with Crippen LogP contribution in [0.25, 0.3) is 0 Å². The predicted molar refractivity (Wildman–Crippen MR) is 78.4 cm³/mol. The molecule has 0 aliphatic heterocycles. The Kier molecular flexibility index (Phi) is 4.50. The molecule has 0 fully saturated rings. The standard InChI is InChI=1S/C14H19N3OS/c1-10(15)14(19-13-8-16-17(2)9-13)11-4-6-12(18-3)7-5-11/h4-10,14H,15H2,1-3H3. The highest BCUT2D eigenvalue weighted by molar-refractivity contribution is 7.99. The van der Waals surface area contributed by atoms with E-state index in [-0.39, 0.29) is 11.3 Å². The smallest absolute Gasteiger partial charge is 0.118 e. The van der Waals surface area contributed by atoms with Crippen molar-refractivity contribution in [2.24, 2.45) is 12.8 Å². The Morgan fingerprint density at radius 3 is 2.47 bits per heavy atom. The van der Waals surface area contributed by atoms with Gasteiger partial charge in [-0.3, -0.25) is 4.68 Å². The van der Waals surface area contributed by atoms with E-state index in [0.717, 1.165) is 10.6 Å². The van der Waals surface area contributed by atoms with Gasteiger partial charge in [-0.1, -0.05) is 12.1 Å². The number of hydrogen-bond donors (Lipinski definition) is 1. The lowest BCUT2D eigenvalue weighted by atomic mass is 10.1. The van der Waals surface area contributed by atoms with Crippen LogP contribution < -0.4 is 10.5 Å². The summed E-state index contributed by atoms with van der Waals surface area (Å²) in [5.41, 5.74) is 7.31. The Morgan fingerprint density at radius 2 is 2.00 bits per heavy atom. The number of aromatic nitrogens is 2. The molecule has 0 aliphatic rings. The van der Waals surface area contributed by atoms with Crippen LogP contribution in [-0.4, -0.2) is 22.9 Å². The lowest BCUT2D eigenvalue weighted by molar-refractivity contribution is 0.414. The average Bonchev–Trinajstić information content (AvgIpc) is 2.81. The predicted octanol–water partition coefficient (Wildman–Crippen LogP) is 2.61. The van der Waals surface area contributed by atoms with Crippen molar-refractivity contribution in [1.29, 1.82) is 0 Å². The van der Waals surface area contributed by atoms with Crippen LogP contribution in [0, 0.1) is 0 Å². The lowest BCUT2D eigenvalue weighted by Crippen LogP contribution is -2.22. The molecule has 1 aromatic carbocycles. The van der Waals surface area contributed by atoms with E-state index in [1.54, 1.807) is 23.6 Å². The van der Waals surface area contributed by atoms with Gasteiger partial charge in [-0.2, -0.15) is 5.10 Å². The van der Waals surface area contributed by atoms with Crippen molar-refractivity contribution in [3.63, 3.8) is 0 Å². The number of ether oxygens (including phenoxy) is 1. The van der Waals surface area contributed by atoms with Crippen molar-refractivity contribution in [2.75, 3.05) is 7.11 Å². The number of benzene rings is 1.